The van der Waals surface area contributed by atoms with Crippen molar-refractivity contribution in [1.29, 1.82) is 0 Å². The van der Waals surface area contributed by atoms with Crippen LogP contribution in [0, 0.1) is 0 Å². The summed E-state index contributed by atoms with van der Waals surface area (Å²) in [6.45, 7) is 0. The number of hydrogen-bond acceptors (Lipinski definition) is 8. The van der Waals surface area contributed by atoms with E-state index in [0.29, 0.717) is 0 Å². The summed E-state index contributed by atoms with van der Waals surface area (Å²) in [4.78, 5) is 68.2. The average molecular weight is 378 g/mol. The summed E-state index contributed by atoms with van der Waals surface area (Å²) in [5, 5.41) is 3.86. The van der Waals surface area contributed by atoms with Crippen LogP contribution >= 0.6 is 23.5 Å². The Kier molecular flexibility index (Phi) is 8.42. The highest BCUT2D eigenvalue weighted by Crippen LogP contribution is 1.99. The Morgan fingerprint density at radius 1 is 0.500 bits per heavy atom. The van der Waals surface area contributed by atoms with Crippen molar-refractivity contribution in [1.82, 2.24) is 32.3 Å². The Balaban J connectivity index is 2.57. The van der Waals surface area contributed by atoms with Crippen LogP contribution in [0.25, 0.3) is 0 Å². The van der Waals surface area contributed by atoms with Gasteiger partial charge >= 0.3 is 12.1 Å². The monoisotopic (exact) mass is 378 g/mol. The molecule has 0 unspecified atom stereocenters. The van der Waals surface area contributed by atoms with Crippen molar-refractivity contribution in [3.63, 3.8) is 0 Å². The Labute approximate surface area is 143 Å². The first-order valence-electron chi connectivity index (χ1n) is 6.29. The summed E-state index contributed by atoms with van der Waals surface area (Å²) < 4.78 is 0. The molecule has 0 aromatic heterocycles. The van der Waals surface area contributed by atoms with Crippen molar-refractivity contribution in [2.75, 3.05) is 23.0 Å². The van der Waals surface area contributed by atoms with Crippen LogP contribution in [0.1, 0.15) is 0 Å². The van der Waals surface area contributed by atoms with Gasteiger partial charge < -0.3 is 0 Å². The number of urea groups is 2. The second kappa shape index (κ2) is 10.3. The van der Waals surface area contributed by atoms with Crippen molar-refractivity contribution in [3.05, 3.63) is 0 Å². The molecule has 1 aliphatic rings. The highest BCUT2D eigenvalue weighted by Gasteiger charge is 2.13. The van der Waals surface area contributed by atoms with Gasteiger partial charge in [-0.05, 0) is 0 Å². The normalized spacial score (nSPS) is 19.5. The molecule has 12 nitrogen and oxygen atoms in total. The molecule has 0 aromatic carbocycles. The fourth-order valence-corrected chi connectivity index (χ4v) is 2.42. The van der Waals surface area contributed by atoms with Gasteiger partial charge in [-0.1, -0.05) is 0 Å². The van der Waals surface area contributed by atoms with Crippen LogP contribution in [0.4, 0.5) is 9.59 Å². The first kappa shape index (κ1) is 19.6. The standard InChI is InChI=1S/C10H14N6O6S2/c17-5-1-23-2-6(18)12-10(22)16-14-8(20)4-24-3-7(19)13-15-9(21)11-5/h1-4H2,(H,13,19)(H,14,20)(H2,11,15,17,21)(H2,12,16,18,22). The molecule has 0 aromatic rings. The first-order valence-corrected chi connectivity index (χ1v) is 8.60. The third-order valence-corrected chi connectivity index (χ3v) is 3.93. The quantitative estimate of drug-likeness (QED) is 0.262. The SMILES string of the molecule is O=C1CSCC(=O)NNC(=O)NC(=O)CSCC(=O)NC(=O)NN1. The average Bonchev–Trinajstić information content (AvgIpc) is 2.50. The zero-order valence-electron chi connectivity index (χ0n) is 12.1. The minimum atomic E-state index is -0.943. The van der Waals surface area contributed by atoms with Crippen LogP contribution in [0.15, 0.2) is 0 Å². The molecule has 1 rings (SSSR count). The Bertz CT molecular complexity index is 510. The molecule has 0 bridgehead atoms. The van der Waals surface area contributed by atoms with Crippen LogP contribution in [0.3, 0.4) is 0 Å². The Morgan fingerprint density at radius 2 is 0.833 bits per heavy atom. The highest BCUT2D eigenvalue weighted by molar-refractivity contribution is 8.00. The van der Waals surface area contributed by atoms with Crippen molar-refractivity contribution in [2.45, 2.75) is 0 Å². The maximum absolute atomic E-state index is 11.4. The maximum Gasteiger partial charge on any atom is 0.340 e. The lowest BCUT2D eigenvalue weighted by molar-refractivity contribution is -0.120. The minimum absolute atomic E-state index is 0.151. The van der Waals surface area contributed by atoms with E-state index in [1.807, 2.05) is 32.3 Å². The van der Waals surface area contributed by atoms with Crippen molar-refractivity contribution < 1.29 is 28.8 Å². The molecular weight excluding hydrogens is 364 g/mol. The van der Waals surface area contributed by atoms with E-state index in [1.165, 1.54) is 0 Å². The predicted molar refractivity (Wildman–Crippen MR) is 84.3 cm³/mol. The van der Waals surface area contributed by atoms with Gasteiger partial charge in [0.25, 0.3) is 0 Å². The third kappa shape index (κ3) is 8.84. The molecule has 24 heavy (non-hydrogen) atoms. The van der Waals surface area contributed by atoms with E-state index in [0.717, 1.165) is 23.5 Å². The third-order valence-electron chi connectivity index (χ3n) is 2.07. The lowest BCUT2D eigenvalue weighted by Crippen LogP contribution is -2.50. The molecule has 0 saturated carbocycles. The molecule has 6 N–H and O–H groups in total. The molecule has 1 saturated heterocycles. The number of rotatable bonds is 0. The van der Waals surface area contributed by atoms with E-state index in [2.05, 4.69) is 0 Å². The molecule has 8 amide bonds. The largest absolute Gasteiger partial charge is 0.340 e. The van der Waals surface area contributed by atoms with Crippen molar-refractivity contribution >= 4 is 59.2 Å². The lowest BCUT2D eigenvalue weighted by Gasteiger charge is -2.10. The molecule has 14 heteroatoms. The van der Waals surface area contributed by atoms with Crippen LogP contribution in [0.2, 0.25) is 0 Å². The van der Waals surface area contributed by atoms with Gasteiger partial charge in [0.2, 0.25) is 23.6 Å². The number of carbonyl (C=O) groups excluding carboxylic acids is 6. The molecule has 0 atom stereocenters. The van der Waals surface area contributed by atoms with Gasteiger partial charge in [-0.2, -0.15) is 0 Å². The zero-order valence-corrected chi connectivity index (χ0v) is 13.7. The van der Waals surface area contributed by atoms with E-state index in [9.17, 15) is 28.8 Å². The highest BCUT2D eigenvalue weighted by atomic mass is 32.2. The van der Waals surface area contributed by atoms with E-state index < -0.39 is 35.7 Å². The molecule has 0 radical (unpaired) electrons. The van der Waals surface area contributed by atoms with Crippen LogP contribution in [-0.2, 0) is 19.2 Å². The molecule has 0 aliphatic carbocycles. The first-order chi connectivity index (χ1) is 11.4. The summed E-state index contributed by atoms with van der Waals surface area (Å²) in [5.41, 5.74) is 8.01. The van der Waals surface area contributed by atoms with Crippen LogP contribution < -0.4 is 32.3 Å². The molecule has 0 spiro atoms. The number of nitrogens with one attached hydrogen (secondary N) is 6. The molecule has 1 heterocycles. The van der Waals surface area contributed by atoms with E-state index in [4.69, 9.17) is 0 Å². The zero-order chi connectivity index (χ0) is 17.9. The van der Waals surface area contributed by atoms with Crippen LogP contribution in [0.5, 0.6) is 0 Å². The number of carbonyl (C=O) groups is 6. The smallest absolute Gasteiger partial charge is 0.276 e. The van der Waals surface area contributed by atoms with Gasteiger partial charge in [0.05, 0.1) is 23.0 Å². The van der Waals surface area contributed by atoms with Gasteiger partial charge in [0.15, 0.2) is 0 Å². The van der Waals surface area contributed by atoms with Gasteiger partial charge in [-0.25, -0.2) is 20.4 Å². The summed E-state index contributed by atoms with van der Waals surface area (Å²) in [7, 11) is 0. The number of imide groups is 2. The van der Waals surface area contributed by atoms with E-state index >= 15 is 0 Å². The lowest BCUT2D eigenvalue weighted by atomic mass is 10.7. The fraction of sp³-hybridized carbons (Fsp3) is 0.400. The van der Waals surface area contributed by atoms with Gasteiger partial charge in [-0.3, -0.25) is 40.7 Å². The van der Waals surface area contributed by atoms with Gasteiger partial charge in [0, 0.05) is 0 Å². The van der Waals surface area contributed by atoms with Gasteiger partial charge in [-0.15, -0.1) is 23.5 Å². The summed E-state index contributed by atoms with van der Waals surface area (Å²) in [6.07, 6.45) is 0. The summed E-state index contributed by atoms with van der Waals surface area (Å²) >= 11 is 1.77. The number of thioether (sulfide) groups is 2. The Morgan fingerprint density at radius 3 is 1.21 bits per heavy atom. The summed E-state index contributed by atoms with van der Waals surface area (Å²) in [6, 6.07) is -1.89. The second-order valence-corrected chi connectivity index (χ2v) is 6.06. The molecular formula is C10H14N6O6S2. The minimum Gasteiger partial charge on any atom is -0.276 e. The van der Waals surface area contributed by atoms with E-state index in [-0.39, 0.29) is 23.0 Å². The topological polar surface area (TPSA) is 175 Å². The predicted octanol–water partition coefficient (Wildman–Crippen LogP) is -2.82. The fourth-order valence-electron chi connectivity index (χ4n) is 1.19. The number of hydrazine groups is 2. The van der Waals surface area contributed by atoms with Crippen molar-refractivity contribution in [2.24, 2.45) is 0 Å². The molecule has 1 aliphatic heterocycles. The number of hydrogen-bond donors (Lipinski definition) is 6. The van der Waals surface area contributed by atoms with E-state index in [1.54, 1.807) is 0 Å². The number of amides is 8. The summed E-state index contributed by atoms with van der Waals surface area (Å²) in [5.74, 6) is -3.31. The van der Waals surface area contributed by atoms with Crippen molar-refractivity contribution in [3.8, 4) is 0 Å². The molecule has 132 valence electrons. The Hall–Kier alpha value is -2.48. The van der Waals surface area contributed by atoms with Gasteiger partial charge in [0.1, 0.15) is 0 Å². The maximum atomic E-state index is 11.4. The van der Waals surface area contributed by atoms with Crippen LogP contribution in [-0.4, -0.2) is 58.7 Å². The molecule has 1 fully saturated rings. The second-order valence-electron chi connectivity index (χ2n) is 4.09.